The summed E-state index contributed by atoms with van der Waals surface area (Å²) in [6, 6.07) is 24.7. The van der Waals surface area contributed by atoms with Crippen molar-refractivity contribution < 1.29 is 19.4 Å². The van der Waals surface area contributed by atoms with Gasteiger partial charge in [-0.1, -0.05) is 42.5 Å². The lowest BCUT2D eigenvalue weighted by atomic mass is 10.1. The molecule has 0 fully saturated rings. The third-order valence-electron chi connectivity index (χ3n) is 5.65. The molecular formula is C27H23N3O4. The summed E-state index contributed by atoms with van der Waals surface area (Å²) < 4.78 is 13.7. The molecule has 0 saturated carbocycles. The van der Waals surface area contributed by atoms with E-state index in [2.05, 4.69) is 9.97 Å². The van der Waals surface area contributed by atoms with Crippen LogP contribution in [0.15, 0.2) is 91.3 Å². The van der Waals surface area contributed by atoms with E-state index in [1.165, 1.54) is 0 Å². The lowest BCUT2D eigenvalue weighted by Crippen LogP contribution is -2.26. The summed E-state index contributed by atoms with van der Waals surface area (Å²) in [7, 11) is 0. The van der Waals surface area contributed by atoms with Crippen LogP contribution in [-0.2, 0) is 29.3 Å². The van der Waals surface area contributed by atoms with Crippen LogP contribution in [0.1, 0.15) is 11.1 Å². The Morgan fingerprint density at radius 2 is 1.47 bits per heavy atom. The summed E-state index contributed by atoms with van der Waals surface area (Å²) in [6.07, 6.45) is 2.86. The van der Waals surface area contributed by atoms with E-state index in [0.717, 1.165) is 33.2 Å². The molecule has 0 aliphatic heterocycles. The van der Waals surface area contributed by atoms with Gasteiger partial charge in [-0.05, 0) is 47.5 Å². The van der Waals surface area contributed by atoms with E-state index in [1.807, 2.05) is 83.4 Å². The predicted molar refractivity (Wildman–Crippen MR) is 128 cm³/mol. The van der Waals surface area contributed by atoms with E-state index in [0.29, 0.717) is 12.5 Å². The van der Waals surface area contributed by atoms with Crippen LogP contribution >= 0.6 is 0 Å². The minimum atomic E-state index is -0.982. The van der Waals surface area contributed by atoms with Crippen LogP contribution in [0.25, 0.3) is 22.1 Å². The molecule has 170 valence electrons. The molecule has 5 aromatic rings. The molecule has 34 heavy (non-hydrogen) atoms. The second-order valence-corrected chi connectivity index (χ2v) is 7.92. The zero-order valence-corrected chi connectivity index (χ0v) is 18.4. The van der Waals surface area contributed by atoms with Crippen molar-refractivity contribution in [1.82, 2.24) is 14.5 Å². The molecular weight excluding hydrogens is 430 g/mol. The fourth-order valence-corrected chi connectivity index (χ4v) is 3.93. The standard InChI is InChI=1S/C27H23N3O4/c31-27(32)24(33-17-20-6-2-1-3-7-20)16-19-10-12-21(13-11-19)34-18-30-22-8-4-14-28-25(22)26-23(30)9-5-15-29-26/h1-15,24H,16-18H2,(H,31,32). The molecule has 5 rings (SSSR count). The van der Waals surface area contributed by atoms with Gasteiger partial charge >= 0.3 is 5.97 Å². The molecule has 2 aromatic carbocycles. The first-order valence-corrected chi connectivity index (χ1v) is 11.0. The zero-order valence-electron chi connectivity index (χ0n) is 18.4. The van der Waals surface area contributed by atoms with Crippen LogP contribution in [0.3, 0.4) is 0 Å². The summed E-state index contributed by atoms with van der Waals surface area (Å²) in [4.78, 5) is 20.6. The highest BCUT2D eigenvalue weighted by molar-refractivity contribution is 6.02. The van der Waals surface area contributed by atoms with Gasteiger partial charge < -0.3 is 19.1 Å². The summed E-state index contributed by atoms with van der Waals surface area (Å²) in [5.41, 5.74) is 5.38. The third-order valence-corrected chi connectivity index (χ3v) is 5.65. The van der Waals surface area contributed by atoms with Gasteiger partial charge in [-0.3, -0.25) is 9.97 Å². The maximum Gasteiger partial charge on any atom is 0.333 e. The minimum Gasteiger partial charge on any atom is -0.479 e. The van der Waals surface area contributed by atoms with Crippen LogP contribution in [0, 0.1) is 0 Å². The molecule has 3 heterocycles. The van der Waals surface area contributed by atoms with Crippen molar-refractivity contribution >= 4 is 28.0 Å². The Morgan fingerprint density at radius 1 is 0.824 bits per heavy atom. The summed E-state index contributed by atoms with van der Waals surface area (Å²) >= 11 is 0. The van der Waals surface area contributed by atoms with Crippen molar-refractivity contribution in [3.05, 3.63) is 102 Å². The highest BCUT2D eigenvalue weighted by Crippen LogP contribution is 2.26. The quantitative estimate of drug-likeness (QED) is 0.344. The number of aromatic nitrogens is 3. The van der Waals surface area contributed by atoms with Gasteiger partial charge in [0.25, 0.3) is 0 Å². The number of hydrogen-bond acceptors (Lipinski definition) is 5. The maximum absolute atomic E-state index is 11.7. The normalized spacial score (nSPS) is 12.1. The SMILES string of the molecule is O=C(O)C(Cc1ccc(OCn2c3cccnc3c3ncccc32)cc1)OCc1ccccc1. The Kier molecular flexibility index (Phi) is 6.18. The van der Waals surface area contributed by atoms with Crippen molar-refractivity contribution in [2.45, 2.75) is 25.9 Å². The monoisotopic (exact) mass is 453 g/mol. The van der Waals surface area contributed by atoms with Gasteiger partial charge in [0, 0.05) is 18.8 Å². The van der Waals surface area contributed by atoms with Crippen LogP contribution in [0.2, 0.25) is 0 Å². The number of rotatable bonds is 9. The van der Waals surface area contributed by atoms with Gasteiger partial charge in [0.15, 0.2) is 12.8 Å². The number of fused-ring (bicyclic) bond motifs is 3. The van der Waals surface area contributed by atoms with Gasteiger partial charge in [-0.15, -0.1) is 0 Å². The zero-order chi connectivity index (χ0) is 23.3. The average Bonchev–Trinajstić information content (AvgIpc) is 3.20. The molecule has 7 nitrogen and oxygen atoms in total. The van der Waals surface area contributed by atoms with Gasteiger partial charge in [-0.25, -0.2) is 4.79 Å². The first-order valence-electron chi connectivity index (χ1n) is 11.0. The number of pyridine rings is 2. The molecule has 7 heteroatoms. The molecule has 1 atom stereocenters. The number of ether oxygens (including phenoxy) is 2. The number of carboxylic acid groups (broad SMARTS) is 1. The Morgan fingerprint density at radius 3 is 2.09 bits per heavy atom. The molecule has 0 amide bonds. The number of carboxylic acids is 1. The van der Waals surface area contributed by atoms with E-state index >= 15 is 0 Å². The van der Waals surface area contributed by atoms with E-state index in [1.54, 1.807) is 12.4 Å². The molecule has 1 N–H and O–H groups in total. The van der Waals surface area contributed by atoms with Crippen LogP contribution < -0.4 is 4.74 Å². The topological polar surface area (TPSA) is 86.5 Å². The Hall–Kier alpha value is -4.23. The number of carbonyl (C=O) groups is 1. The number of aliphatic carboxylic acids is 1. The maximum atomic E-state index is 11.7. The molecule has 0 aliphatic carbocycles. The fourth-order valence-electron chi connectivity index (χ4n) is 3.93. The Bertz CT molecular complexity index is 1360. The first kappa shape index (κ1) is 21.6. The Balaban J connectivity index is 1.26. The lowest BCUT2D eigenvalue weighted by Gasteiger charge is -2.15. The summed E-state index contributed by atoms with van der Waals surface area (Å²) in [5.74, 6) is -0.298. The lowest BCUT2D eigenvalue weighted by molar-refractivity contribution is -0.151. The molecule has 0 saturated heterocycles. The van der Waals surface area contributed by atoms with Crippen LogP contribution in [-0.4, -0.2) is 31.7 Å². The number of nitrogens with zero attached hydrogens (tertiary/aromatic N) is 3. The van der Waals surface area contributed by atoms with Gasteiger partial charge in [0.2, 0.25) is 0 Å². The van der Waals surface area contributed by atoms with Crippen molar-refractivity contribution in [2.75, 3.05) is 0 Å². The summed E-state index contributed by atoms with van der Waals surface area (Å²) in [5, 5.41) is 9.57. The van der Waals surface area contributed by atoms with E-state index in [-0.39, 0.29) is 13.0 Å². The highest BCUT2D eigenvalue weighted by atomic mass is 16.5. The number of hydrogen-bond donors (Lipinski definition) is 1. The second-order valence-electron chi connectivity index (χ2n) is 7.92. The second kappa shape index (κ2) is 9.72. The molecule has 0 bridgehead atoms. The van der Waals surface area contributed by atoms with Crippen LogP contribution in [0.5, 0.6) is 5.75 Å². The van der Waals surface area contributed by atoms with Crippen molar-refractivity contribution in [3.63, 3.8) is 0 Å². The van der Waals surface area contributed by atoms with Crippen molar-refractivity contribution in [1.29, 1.82) is 0 Å². The van der Waals surface area contributed by atoms with E-state index < -0.39 is 12.1 Å². The first-order chi connectivity index (χ1) is 16.7. The fraction of sp³-hybridized carbons (Fsp3) is 0.148. The molecule has 0 radical (unpaired) electrons. The smallest absolute Gasteiger partial charge is 0.333 e. The van der Waals surface area contributed by atoms with Crippen molar-refractivity contribution in [3.8, 4) is 5.75 Å². The van der Waals surface area contributed by atoms with E-state index in [4.69, 9.17) is 9.47 Å². The average molecular weight is 453 g/mol. The predicted octanol–water partition coefficient (Wildman–Crippen LogP) is 4.83. The highest BCUT2D eigenvalue weighted by Gasteiger charge is 2.19. The molecule has 1 unspecified atom stereocenters. The van der Waals surface area contributed by atoms with Crippen molar-refractivity contribution in [2.24, 2.45) is 0 Å². The van der Waals surface area contributed by atoms with Gasteiger partial charge in [-0.2, -0.15) is 0 Å². The molecule has 0 spiro atoms. The van der Waals surface area contributed by atoms with Gasteiger partial charge in [0.05, 0.1) is 17.6 Å². The summed E-state index contributed by atoms with van der Waals surface area (Å²) in [6.45, 7) is 0.552. The number of benzene rings is 2. The largest absolute Gasteiger partial charge is 0.479 e. The minimum absolute atomic E-state index is 0.251. The Labute approximate surface area is 196 Å². The molecule has 3 aromatic heterocycles. The van der Waals surface area contributed by atoms with E-state index in [9.17, 15) is 9.90 Å². The van der Waals surface area contributed by atoms with Gasteiger partial charge in [0.1, 0.15) is 16.8 Å². The third kappa shape index (κ3) is 4.60. The van der Waals surface area contributed by atoms with Crippen LogP contribution in [0.4, 0.5) is 0 Å². The molecule has 0 aliphatic rings.